The van der Waals surface area contributed by atoms with E-state index in [1.54, 1.807) is 7.11 Å². The minimum atomic E-state index is 0.156. The number of anilines is 1. The molecule has 2 aliphatic rings. The molecular weight excluding hydrogens is 230 g/mol. The summed E-state index contributed by atoms with van der Waals surface area (Å²) in [7, 11) is 1.61. The maximum absolute atomic E-state index is 6.19. The zero-order chi connectivity index (χ0) is 12.5. The first kappa shape index (κ1) is 11.7. The molecule has 0 bridgehead atoms. The first-order valence-electron chi connectivity index (χ1n) is 6.44. The molecule has 1 saturated carbocycles. The van der Waals surface area contributed by atoms with Crippen LogP contribution < -0.4 is 15.8 Å². The van der Waals surface area contributed by atoms with E-state index in [-0.39, 0.29) is 18.2 Å². The second kappa shape index (κ2) is 4.74. The molecule has 0 amide bonds. The van der Waals surface area contributed by atoms with E-state index < -0.39 is 0 Å². The first-order chi connectivity index (χ1) is 8.79. The van der Waals surface area contributed by atoms with Gasteiger partial charge >= 0.3 is 0 Å². The van der Waals surface area contributed by atoms with Gasteiger partial charge in [-0.25, -0.2) is 0 Å². The lowest BCUT2D eigenvalue weighted by atomic mass is 9.68. The topological polar surface area (TPSA) is 69.4 Å². The van der Waals surface area contributed by atoms with Crippen LogP contribution in [0.1, 0.15) is 12.8 Å². The Balaban J connectivity index is 1.68. The molecule has 2 fully saturated rings. The zero-order valence-electron chi connectivity index (χ0n) is 10.5. The monoisotopic (exact) mass is 249 g/mol. The van der Waals surface area contributed by atoms with E-state index in [4.69, 9.17) is 15.2 Å². The van der Waals surface area contributed by atoms with Crippen LogP contribution in [-0.2, 0) is 4.74 Å². The summed E-state index contributed by atoms with van der Waals surface area (Å²) < 4.78 is 10.9. The van der Waals surface area contributed by atoms with Gasteiger partial charge in [0.25, 0.3) is 0 Å². The largest absolute Gasteiger partial charge is 0.481 e. The number of nitrogens with one attached hydrogen (secondary N) is 1. The van der Waals surface area contributed by atoms with Gasteiger partial charge in [-0.05, 0) is 18.9 Å². The van der Waals surface area contributed by atoms with Crippen molar-refractivity contribution < 1.29 is 9.47 Å². The van der Waals surface area contributed by atoms with Gasteiger partial charge in [0.1, 0.15) is 5.82 Å². The lowest BCUT2D eigenvalue weighted by Crippen LogP contribution is -2.69. The van der Waals surface area contributed by atoms with Crippen LogP contribution in [0.3, 0.4) is 0 Å². The van der Waals surface area contributed by atoms with Gasteiger partial charge in [0.2, 0.25) is 5.88 Å². The summed E-state index contributed by atoms with van der Waals surface area (Å²) >= 11 is 0. The summed E-state index contributed by atoms with van der Waals surface area (Å²) in [6, 6.07) is 5.98. The van der Waals surface area contributed by atoms with Crippen molar-refractivity contribution >= 4 is 5.82 Å². The van der Waals surface area contributed by atoms with Gasteiger partial charge in [-0.2, -0.15) is 4.98 Å². The Morgan fingerprint density at radius 2 is 2.39 bits per heavy atom. The molecule has 3 rings (SSSR count). The van der Waals surface area contributed by atoms with Crippen LogP contribution in [0.15, 0.2) is 18.2 Å². The van der Waals surface area contributed by atoms with Crippen LogP contribution in [0.25, 0.3) is 0 Å². The van der Waals surface area contributed by atoms with Crippen molar-refractivity contribution in [1.29, 1.82) is 0 Å². The van der Waals surface area contributed by atoms with Gasteiger partial charge in [0.15, 0.2) is 0 Å². The van der Waals surface area contributed by atoms with Crippen LogP contribution in [0.2, 0.25) is 0 Å². The highest BCUT2D eigenvalue weighted by atomic mass is 16.5. The fourth-order valence-electron chi connectivity index (χ4n) is 2.91. The number of fused-ring (bicyclic) bond motifs is 1. The third kappa shape index (κ3) is 1.93. The van der Waals surface area contributed by atoms with Gasteiger partial charge < -0.3 is 20.5 Å². The number of nitrogens with two attached hydrogens (primary N) is 1. The maximum atomic E-state index is 6.19. The summed E-state index contributed by atoms with van der Waals surface area (Å²) in [5.41, 5.74) is 6.19. The highest BCUT2D eigenvalue weighted by Gasteiger charge is 2.50. The Hall–Kier alpha value is -1.33. The smallest absolute Gasteiger partial charge is 0.214 e. The van der Waals surface area contributed by atoms with E-state index in [9.17, 15) is 0 Å². The molecule has 4 unspecified atom stereocenters. The maximum Gasteiger partial charge on any atom is 0.214 e. The number of hydrogen-bond donors (Lipinski definition) is 2. The molecule has 98 valence electrons. The third-order valence-corrected chi connectivity index (χ3v) is 3.92. The Kier molecular flexibility index (Phi) is 3.09. The highest BCUT2D eigenvalue weighted by molar-refractivity contribution is 5.40. The van der Waals surface area contributed by atoms with Crippen molar-refractivity contribution in [3.8, 4) is 5.88 Å². The predicted molar refractivity (Wildman–Crippen MR) is 68.6 cm³/mol. The van der Waals surface area contributed by atoms with E-state index in [1.165, 1.54) is 6.42 Å². The van der Waals surface area contributed by atoms with Crippen molar-refractivity contribution in [3.05, 3.63) is 18.2 Å². The molecule has 3 N–H and O–H groups in total. The normalized spacial score (nSPS) is 34.3. The van der Waals surface area contributed by atoms with Gasteiger partial charge in [0.05, 0.1) is 19.3 Å². The van der Waals surface area contributed by atoms with Crippen molar-refractivity contribution in [1.82, 2.24) is 4.98 Å². The average molecular weight is 249 g/mol. The second-order valence-corrected chi connectivity index (χ2v) is 4.95. The van der Waals surface area contributed by atoms with Crippen molar-refractivity contribution in [3.63, 3.8) is 0 Å². The third-order valence-electron chi connectivity index (χ3n) is 3.92. The Labute approximate surface area is 107 Å². The Morgan fingerprint density at radius 1 is 1.50 bits per heavy atom. The molecule has 1 saturated heterocycles. The van der Waals surface area contributed by atoms with Crippen LogP contribution in [0.5, 0.6) is 5.88 Å². The molecule has 0 spiro atoms. The number of nitrogens with zero attached hydrogens (tertiary/aromatic N) is 1. The van der Waals surface area contributed by atoms with E-state index >= 15 is 0 Å². The second-order valence-electron chi connectivity index (χ2n) is 4.95. The standard InChI is InChI=1S/C13H19N3O2/c1-17-10-6-2-5-9(15-10)16-12-11(14)8-4-3-7-18-13(8)12/h2,5-6,8,11-13H,3-4,7,14H2,1H3,(H,15,16). The molecule has 4 atom stereocenters. The van der Waals surface area contributed by atoms with Crippen LogP contribution in [0.4, 0.5) is 5.82 Å². The summed E-state index contributed by atoms with van der Waals surface area (Å²) in [5.74, 6) is 1.90. The number of pyridine rings is 1. The van der Waals surface area contributed by atoms with Crippen LogP contribution in [0, 0.1) is 5.92 Å². The zero-order valence-corrected chi connectivity index (χ0v) is 10.5. The molecule has 1 aliphatic carbocycles. The predicted octanol–water partition coefficient (Wildman–Crippen LogP) is 1.01. The van der Waals surface area contributed by atoms with Crippen LogP contribution >= 0.6 is 0 Å². The fraction of sp³-hybridized carbons (Fsp3) is 0.615. The van der Waals surface area contributed by atoms with Gasteiger partial charge in [-0.1, -0.05) is 6.07 Å². The van der Waals surface area contributed by atoms with E-state index in [1.807, 2.05) is 18.2 Å². The number of methoxy groups -OCH3 is 1. The van der Waals surface area contributed by atoms with E-state index in [0.717, 1.165) is 18.8 Å². The molecule has 2 heterocycles. The van der Waals surface area contributed by atoms with Gasteiger partial charge in [-0.3, -0.25) is 0 Å². The number of rotatable bonds is 3. The molecule has 1 aromatic rings. The number of aromatic nitrogens is 1. The summed E-state index contributed by atoms with van der Waals surface area (Å²) in [6.45, 7) is 0.845. The highest BCUT2D eigenvalue weighted by Crippen LogP contribution is 2.38. The first-order valence-corrected chi connectivity index (χ1v) is 6.44. The van der Waals surface area contributed by atoms with Crippen LogP contribution in [-0.4, -0.2) is 36.9 Å². The number of hydrogen-bond acceptors (Lipinski definition) is 5. The Bertz CT molecular complexity index is 426. The molecular formula is C13H19N3O2. The Morgan fingerprint density at radius 3 is 3.22 bits per heavy atom. The molecule has 18 heavy (non-hydrogen) atoms. The van der Waals surface area contributed by atoms with Gasteiger partial charge in [-0.15, -0.1) is 0 Å². The molecule has 1 aromatic heterocycles. The molecule has 5 nitrogen and oxygen atoms in total. The molecule has 0 aromatic carbocycles. The summed E-state index contributed by atoms with van der Waals surface area (Å²) in [6.07, 6.45) is 2.54. The average Bonchev–Trinajstić information content (AvgIpc) is 2.44. The summed E-state index contributed by atoms with van der Waals surface area (Å²) in [4.78, 5) is 4.34. The lowest BCUT2D eigenvalue weighted by molar-refractivity contribution is -0.104. The minimum absolute atomic E-state index is 0.156. The molecule has 5 heteroatoms. The SMILES string of the molecule is COc1cccc(NC2C(N)C3CCCOC32)n1. The minimum Gasteiger partial charge on any atom is -0.481 e. The van der Waals surface area contributed by atoms with E-state index in [2.05, 4.69) is 10.3 Å². The molecule has 0 radical (unpaired) electrons. The molecule has 1 aliphatic heterocycles. The van der Waals surface area contributed by atoms with Crippen molar-refractivity contribution in [2.75, 3.05) is 19.0 Å². The van der Waals surface area contributed by atoms with Gasteiger partial charge in [0, 0.05) is 24.6 Å². The number of ether oxygens (including phenoxy) is 2. The summed E-state index contributed by atoms with van der Waals surface area (Å²) in [5, 5.41) is 3.36. The quantitative estimate of drug-likeness (QED) is 0.836. The van der Waals surface area contributed by atoms with Crippen molar-refractivity contribution in [2.24, 2.45) is 11.7 Å². The fourth-order valence-corrected chi connectivity index (χ4v) is 2.91. The lowest BCUT2D eigenvalue weighted by Gasteiger charge is -2.52. The van der Waals surface area contributed by atoms with Crippen molar-refractivity contribution in [2.45, 2.75) is 31.0 Å². The van der Waals surface area contributed by atoms with E-state index in [0.29, 0.717) is 11.8 Å².